The van der Waals surface area contributed by atoms with Crippen LogP contribution in [0.1, 0.15) is 27.7 Å². The summed E-state index contributed by atoms with van der Waals surface area (Å²) in [6, 6.07) is 11.4. The van der Waals surface area contributed by atoms with Crippen molar-refractivity contribution >= 4 is 23.1 Å². The molecule has 0 saturated carbocycles. The van der Waals surface area contributed by atoms with Gasteiger partial charge in [0.25, 0.3) is 0 Å². The van der Waals surface area contributed by atoms with Crippen molar-refractivity contribution in [1.82, 2.24) is 4.98 Å². The third-order valence-electron chi connectivity index (χ3n) is 3.05. The Bertz CT molecular complexity index is 634. The minimum absolute atomic E-state index is 0.0201. The molecule has 0 saturated heterocycles. The summed E-state index contributed by atoms with van der Waals surface area (Å²) in [5.41, 5.74) is 1.61. The van der Waals surface area contributed by atoms with Crippen LogP contribution < -0.4 is 15.4 Å². The van der Waals surface area contributed by atoms with Crippen LogP contribution in [-0.2, 0) is 4.79 Å². The van der Waals surface area contributed by atoms with Gasteiger partial charge in [0.1, 0.15) is 11.6 Å². The molecule has 122 valence electrons. The zero-order chi connectivity index (χ0) is 16.8. The second-order valence-corrected chi connectivity index (χ2v) is 5.89. The van der Waals surface area contributed by atoms with Crippen LogP contribution in [0.4, 0.5) is 17.2 Å². The van der Waals surface area contributed by atoms with Gasteiger partial charge in [-0.1, -0.05) is 13.8 Å². The fourth-order valence-corrected chi connectivity index (χ4v) is 1.87. The molecular formula is C18H23N3O2. The van der Waals surface area contributed by atoms with E-state index < -0.39 is 0 Å². The zero-order valence-electron chi connectivity index (χ0n) is 14.0. The smallest absolute Gasteiger partial charge is 0.226 e. The first-order valence-corrected chi connectivity index (χ1v) is 7.74. The molecular weight excluding hydrogens is 290 g/mol. The Kier molecular flexibility index (Phi) is 5.57. The van der Waals surface area contributed by atoms with Crippen LogP contribution >= 0.6 is 0 Å². The van der Waals surface area contributed by atoms with Gasteiger partial charge in [-0.15, -0.1) is 0 Å². The van der Waals surface area contributed by atoms with E-state index in [-0.39, 0.29) is 17.9 Å². The maximum absolute atomic E-state index is 11.6. The summed E-state index contributed by atoms with van der Waals surface area (Å²) in [6.07, 6.45) is 1.79. The number of nitrogens with one attached hydrogen (secondary N) is 2. The molecule has 0 aliphatic heterocycles. The molecule has 0 atom stereocenters. The van der Waals surface area contributed by atoms with Gasteiger partial charge >= 0.3 is 0 Å². The summed E-state index contributed by atoms with van der Waals surface area (Å²) in [5.74, 6) is 1.47. The number of hydrogen-bond acceptors (Lipinski definition) is 4. The number of anilines is 3. The molecule has 5 heteroatoms. The lowest BCUT2D eigenvalue weighted by Crippen LogP contribution is -2.17. The molecule has 23 heavy (non-hydrogen) atoms. The molecule has 1 amide bonds. The highest BCUT2D eigenvalue weighted by Crippen LogP contribution is 2.20. The summed E-state index contributed by atoms with van der Waals surface area (Å²) in [4.78, 5) is 15.9. The topological polar surface area (TPSA) is 63.2 Å². The molecule has 2 rings (SSSR count). The molecule has 0 unspecified atom stereocenters. The maximum Gasteiger partial charge on any atom is 0.226 e. The van der Waals surface area contributed by atoms with E-state index in [0.29, 0.717) is 11.5 Å². The molecule has 2 aromatic rings. The lowest BCUT2D eigenvalue weighted by Gasteiger charge is -2.11. The molecule has 0 bridgehead atoms. The molecule has 0 fully saturated rings. The molecule has 0 aliphatic carbocycles. The summed E-state index contributed by atoms with van der Waals surface area (Å²) < 4.78 is 5.61. The zero-order valence-corrected chi connectivity index (χ0v) is 14.0. The van der Waals surface area contributed by atoms with E-state index in [0.717, 1.165) is 11.4 Å². The van der Waals surface area contributed by atoms with Crippen molar-refractivity contribution < 1.29 is 9.53 Å². The van der Waals surface area contributed by atoms with Crippen molar-refractivity contribution in [3.05, 3.63) is 42.6 Å². The van der Waals surface area contributed by atoms with Gasteiger partial charge < -0.3 is 15.4 Å². The van der Waals surface area contributed by atoms with Crippen molar-refractivity contribution in [2.75, 3.05) is 10.6 Å². The number of amides is 1. The normalized spacial score (nSPS) is 10.7. The number of carbonyl (C=O) groups excluding carboxylic acids is 1. The first-order chi connectivity index (χ1) is 10.9. The lowest BCUT2D eigenvalue weighted by atomic mass is 10.2. The fraction of sp³-hybridized carbons (Fsp3) is 0.333. The van der Waals surface area contributed by atoms with E-state index in [1.807, 2.05) is 64.1 Å². The molecule has 1 aromatic heterocycles. The fourth-order valence-electron chi connectivity index (χ4n) is 1.87. The predicted octanol–water partition coefficient (Wildman–Crippen LogP) is 4.21. The second-order valence-electron chi connectivity index (χ2n) is 5.89. The second kappa shape index (κ2) is 7.63. The van der Waals surface area contributed by atoms with Gasteiger partial charge in [-0.2, -0.15) is 0 Å². The number of nitrogens with zero attached hydrogens (tertiary/aromatic N) is 1. The van der Waals surface area contributed by atoms with E-state index >= 15 is 0 Å². The highest BCUT2D eigenvalue weighted by Gasteiger charge is 2.07. The van der Waals surface area contributed by atoms with Gasteiger partial charge in [0.05, 0.1) is 18.0 Å². The summed E-state index contributed by atoms with van der Waals surface area (Å²) in [7, 11) is 0. The first-order valence-electron chi connectivity index (χ1n) is 7.74. The number of hydrogen-bond donors (Lipinski definition) is 2. The van der Waals surface area contributed by atoms with Crippen LogP contribution in [0.3, 0.4) is 0 Å². The Hall–Kier alpha value is -2.56. The van der Waals surface area contributed by atoms with Crippen LogP contribution in [0.2, 0.25) is 0 Å². The highest BCUT2D eigenvalue weighted by atomic mass is 16.5. The Morgan fingerprint density at radius 3 is 2.17 bits per heavy atom. The Morgan fingerprint density at radius 1 is 1.00 bits per heavy atom. The van der Waals surface area contributed by atoms with Gasteiger partial charge in [-0.05, 0) is 50.2 Å². The van der Waals surface area contributed by atoms with Crippen LogP contribution in [0.5, 0.6) is 5.75 Å². The number of ether oxygens (including phenoxy) is 1. The van der Waals surface area contributed by atoms with Gasteiger partial charge in [0, 0.05) is 11.6 Å². The van der Waals surface area contributed by atoms with Gasteiger partial charge in [0.2, 0.25) is 5.91 Å². The molecule has 1 heterocycles. The average molecular weight is 313 g/mol. The summed E-state index contributed by atoms with van der Waals surface area (Å²) in [6.45, 7) is 7.70. The van der Waals surface area contributed by atoms with Crippen molar-refractivity contribution in [2.24, 2.45) is 5.92 Å². The van der Waals surface area contributed by atoms with Crippen molar-refractivity contribution in [1.29, 1.82) is 0 Å². The number of rotatable bonds is 6. The predicted molar refractivity (Wildman–Crippen MR) is 93.2 cm³/mol. The molecule has 1 aromatic carbocycles. The number of pyridine rings is 1. The van der Waals surface area contributed by atoms with Crippen LogP contribution in [0.15, 0.2) is 42.6 Å². The molecule has 0 spiro atoms. The molecule has 0 radical (unpaired) electrons. The van der Waals surface area contributed by atoms with E-state index in [1.54, 1.807) is 6.20 Å². The summed E-state index contributed by atoms with van der Waals surface area (Å²) in [5, 5.41) is 6.02. The first kappa shape index (κ1) is 16.8. The van der Waals surface area contributed by atoms with E-state index in [2.05, 4.69) is 15.6 Å². The maximum atomic E-state index is 11.6. The van der Waals surface area contributed by atoms with E-state index in [9.17, 15) is 4.79 Å². The van der Waals surface area contributed by atoms with Crippen molar-refractivity contribution in [3.8, 4) is 5.75 Å². The van der Waals surface area contributed by atoms with Crippen LogP contribution in [0, 0.1) is 5.92 Å². The standard InChI is InChI=1S/C18H23N3O2/c1-12(2)18(22)21-15-7-10-17(19-11-15)20-14-5-8-16(9-6-14)23-13(3)4/h5-13H,1-4H3,(H,19,20)(H,21,22). The molecule has 0 aliphatic rings. The molecule has 5 nitrogen and oxygen atoms in total. The molecule has 2 N–H and O–H groups in total. The van der Waals surface area contributed by atoms with Gasteiger partial charge in [-0.3, -0.25) is 4.79 Å². The highest BCUT2D eigenvalue weighted by molar-refractivity contribution is 5.91. The third kappa shape index (κ3) is 5.29. The van der Waals surface area contributed by atoms with Crippen molar-refractivity contribution in [3.63, 3.8) is 0 Å². The average Bonchev–Trinajstić information content (AvgIpc) is 2.50. The number of carbonyl (C=O) groups is 1. The number of aromatic nitrogens is 1. The lowest BCUT2D eigenvalue weighted by molar-refractivity contribution is -0.118. The van der Waals surface area contributed by atoms with Gasteiger partial charge in [0.15, 0.2) is 0 Å². The third-order valence-corrected chi connectivity index (χ3v) is 3.05. The van der Waals surface area contributed by atoms with Gasteiger partial charge in [-0.25, -0.2) is 4.98 Å². The Morgan fingerprint density at radius 2 is 1.65 bits per heavy atom. The Balaban J connectivity index is 1.96. The number of benzene rings is 1. The quantitative estimate of drug-likeness (QED) is 0.838. The summed E-state index contributed by atoms with van der Waals surface area (Å²) >= 11 is 0. The largest absolute Gasteiger partial charge is 0.491 e. The van der Waals surface area contributed by atoms with E-state index in [1.165, 1.54) is 0 Å². The Labute approximate surface area is 137 Å². The minimum atomic E-state index is -0.0561. The van der Waals surface area contributed by atoms with E-state index in [4.69, 9.17) is 4.74 Å². The van der Waals surface area contributed by atoms with Crippen molar-refractivity contribution in [2.45, 2.75) is 33.8 Å². The minimum Gasteiger partial charge on any atom is -0.491 e. The van der Waals surface area contributed by atoms with Crippen LogP contribution in [-0.4, -0.2) is 17.0 Å². The SMILES string of the molecule is CC(C)Oc1ccc(Nc2ccc(NC(=O)C(C)C)cn2)cc1. The monoisotopic (exact) mass is 313 g/mol. The van der Waals surface area contributed by atoms with Crippen LogP contribution in [0.25, 0.3) is 0 Å².